The van der Waals surface area contributed by atoms with Gasteiger partial charge in [0.05, 0.1) is 11.9 Å². The molecule has 0 aliphatic rings. The van der Waals surface area contributed by atoms with Crippen molar-refractivity contribution in [2.75, 3.05) is 23.7 Å². The van der Waals surface area contributed by atoms with Crippen molar-refractivity contribution in [2.24, 2.45) is 0 Å². The minimum absolute atomic E-state index is 0.215. The molecule has 0 fully saturated rings. The van der Waals surface area contributed by atoms with Gasteiger partial charge in [0.1, 0.15) is 12.6 Å². The molecule has 0 aliphatic heterocycles. The third-order valence-corrected chi connectivity index (χ3v) is 6.51. The number of para-hydroxylation sites is 1. The molecule has 0 heterocycles. The fourth-order valence-corrected chi connectivity index (χ4v) is 4.49. The summed E-state index contributed by atoms with van der Waals surface area (Å²) in [6.07, 6.45) is 3.29. The summed E-state index contributed by atoms with van der Waals surface area (Å²) in [6.45, 7) is 6.23. The van der Waals surface area contributed by atoms with Crippen molar-refractivity contribution in [2.45, 2.75) is 52.6 Å². The molecule has 0 unspecified atom stereocenters. The molecule has 0 radical (unpaired) electrons. The Bertz CT molecular complexity index is 1020. The van der Waals surface area contributed by atoms with E-state index in [9.17, 15) is 18.0 Å². The Morgan fingerprint density at radius 1 is 1.03 bits per heavy atom. The van der Waals surface area contributed by atoms with Crippen molar-refractivity contribution < 1.29 is 18.0 Å². The summed E-state index contributed by atoms with van der Waals surface area (Å²) in [7, 11) is -3.71. The molecule has 2 amide bonds. The highest BCUT2D eigenvalue weighted by Crippen LogP contribution is 2.19. The lowest BCUT2D eigenvalue weighted by Gasteiger charge is -2.33. The Kier molecular flexibility index (Phi) is 9.91. The zero-order valence-corrected chi connectivity index (χ0v) is 20.8. The fourth-order valence-electron chi connectivity index (χ4n) is 3.64. The lowest BCUT2D eigenvalue weighted by atomic mass is 10.1. The highest BCUT2D eigenvalue weighted by Gasteiger charge is 2.31. The first-order valence-electron chi connectivity index (χ1n) is 11.3. The minimum Gasteiger partial charge on any atom is -0.354 e. The van der Waals surface area contributed by atoms with Crippen LogP contribution in [-0.4, -0.2) is 50.5 Å². The molecule has 0 aromatic heterocycles. The summed E-state index contributed by atoms with van der Waals surface area (Å²) in [5.41, 5.74) is 2.33. The van der Waals surface area contributed by atoms with Gasteiger partial charge in [0.15, 0.2) is 0 Å². The normalized spacial score (nSPS) is 12.1. The van der Waals surface area contributed by atoms with Gasteiger partial charge in [-0.15, -0.1) is 0 Å². The van der Waals surface area contributed by atoms with Crippen molar-refractivity contribution in [1.29, 1.82) is 0 Å². The van der Waals surface area contributed by atoms with Crippen LogP contribution in [0.5, 0.6) is 0 Å². The summed E-state index contributed by atoms with van der Waals surface area (Å²) in [5.74, 6) is -0.652. The van der Waals surface area contributed by atoms with Crippen molar-refractivity contribution in [3.05, 3.63) is 65.7 Å². The number of hydrogen-bond donors (Lipinski definition) is 1. The maximum absolute atomic E-state index is 13.5. The Labute approximate surface area is 197 Å². The standard InChI is InChI=1S/C25H35N3O4S/c1-5-7-16-26-25(30)23(6-2)27(18-21-13-11-12-20(3)17-21)24(29)19-28(33(4,31)32)22-14-9-8-10-15-22/h8-15,17,23H,5-7,16,18-19H2,1-4H3,(H,26,30)/t23-/m0/s1. The maximum atomic E-state index is 13.5. The summed E-state index contributed by atoms with van der Waals surface area (Å²) in [5, 5.41) is 2.92. The summed E-state index contributed by atoms with van der Waals surface area (Å²) < 4.78 is 26.1. The number of amides is 2. The maximum Gasteiger partial charge on any atom is 0.244 e. The first-order chi connectivity index (χ1) is 15.7. The van der Waals surface area contributed by atoms with Gasteiger partial charge in [-0.3, -0.25) is 13.9 Å². The number of sulfonamides is 1. The second-order valence-corrected chi connectivity index (χ2v) is 10.1. The third kappa shape index (κ3) is 7.89. The Morgan fingerprint density at radius 2 is 1.73 bits per heavy atom. The van der Waals surface area contributed by atoms with E-state index in [0.717, 1.165) is 34.5 Å². The molecule has 0 saturated carbocycles. The van der Waals surface area contributed by atoms with E-state index in [4.69, 9.17) is 0 Å². The monoisotopic (exact) mass is 473 g/mol. The van der Waals surface area contributed by atoms with E-state index in [0.29, 0.717) is 18.7 Å². The van der Waals surface area contributed by atoms with Gasteiger partial charge in [0.2, 0.25) is 21.8 Å². The van der Waals surface area contributed by atoms with Gasteiger partial charge in [-0.25, -0.2) is 8.42 Å². The van der Waals surface area contributed by atoms with E-state index in [-0.39, 0.29) is 19.0 Å². The van der Waals surface area contributed by atoms with E-state index in [1.807, 2.05) is 45.0 Å². The highest BCUT2D eigenvalue weighted by atomic mass is 32.2. The van der Waals surface area contributed by atoms with E-state index in [1.54, 1.807) is 30.3 Å². The van der Waals surface area contributed by atoms with E-state index in [1.165, 1.54) is 4.90 Å². The number of benzene rings is 2. The van der Waals surface area contributed by atoms with Crippen LogP contribution < -0.4 is 9.62 Å². The number of carbonyl (C=O) groups excluding carboxylic acids is 2. The number of nitrogens with one attached hydrogen (secondary N) is 1. The van der Waals surface area contributed by atoms with Crippen LogP contribution in [0.25, 0.3) is 0 Å². The largest absolute Gasteiger partial charge is 0.354 e. The average Bonchev–Trinajstić information content (AvgIpc) is 2.77. The molecule has 0 bridgehead atoms. The van der Waals surface area contributed by atoms with Crippen LogP contribution in [0.3, 0.4) is 0 Å². The van der Waals surface area contributed by atoms with Crippen LogP contribution in [0.15, 0.2) is 54.6 Å². The Balaban J connectivity index is 2.37. The van der Waals surface area contributed by atoms with E-state index < -0.39 is 22.0 Å². The number of anilines is 1. The fraction of sp³-hybridized carbons (Fsp3) is 0.440. The molecule has 33 heavy (non-hydrogen) atoms. The second-order valence-electron chi connectivity index (χ2n) is 8.18. The van der Waals surface area contributed by atoms with Crippen LogP contribution in [-0.2, 0) is 26.2 Å². The first kappa shape index (κ1) is 26.4. The summed E-state index contributed by atoms with van der Waals surface area (Å²) in [4.78, 5) is 28.0. The smallest absolute Gasteiger partial charge is 0.244 e. The topological polar surface area (TPSA) is 86.8 Å². The SMILES string of the molecule is CCCCNC(=O)[C@H](CC)N(Cc1cccc(C)c1)C(=O)CN(c1ccccc1)S(C)(=O)=O. The second kappa shape index (κ2) is 12.4. The van der Waals surface area contributed by atoms with Crippen LogP contribution in [0.4, 0.5) is 5.69 Å². The molecule has 8 heteroatoms. The van der Waals surface area contributed by atoms with Crippen LogP contribution in [0, 0.1) is 6.92 Å². The van der Waals surface area contributed by atoms with Crippen molar-refractivity contribution in [1.82, 2.24) is 10.2 Å². The van der Waals surface area contributed by atoms with E-state index >= 15 is 0 Å². The number of carbonyl (C=O) groups is 2. The van der Waals surface area contributed by atoms with Crippen molar-refractivity contribution in [3.8, 4) is 0 Å². The quantitative estimate of drug-likeness (QED) is 0.478. The molecule has 2 rings (SSSR count). The van der Waals surface area contributed by atoms with E-state index in [2.05, 4.69) is 5.32 Å². The highest BCUT2D eigenvalue weighted by molar-refractivity contribution is 7.92. The molecule has 1 N–H and O–H groups in total. The lowest BCUT2D eigenvalue weighted by molar-refractivity contribution is -0.140. The minimum atomic E-state index is -3.71. The van der Waals surface area contributed by atoms with Gasteiger partial charge in [-0.1, -0.05) is 68.3 Å². The molecule has 2 aromatic rings. The number of unbranched alkanes of at least 4 members (excludes halogenated alkanes) is 1. The molecular weight excluding hydrogens is 438 g/mol. The predicted octanol–water partition coefficient (Wildman–Crippen LogP) is 3.48. The zero-order valence-electron chi connectivity index (χ0n) is 20.0. The molecule has 0 spiro atoms. The van der Waals surface area contributed by atoms with Gasteiger partial charge < -0.3 is 10.2 Å². The Morgan fingerprint density at radius 3 is 2.30 bits per heavy atom. The first-order valence-corrected chi connectivity index (χ1v) is 13.2. The van der Waals surface area contributed by atoms with Gasteiger partial charge in [-0.2, -0.15) is 0 Å². The summed E-state index contributed by atoms with van der Waals surface area (Å²) in [6, 6.07) is 15.6. The number of nitrogens with zero attached hydrogens (tertiary/aromatic N) is 2. The third-order valence-electron chi connectivity index (χ3n) is 5.37. The molecule has 2 aromatic carbocycles. The Hall–Kier alpha value is -2.87. The lowest BCUT2D eigenvalue weighted by Crippen LogP contribution is -2.52. The predicted molar refractivity (Wildman–Crippen MR) is 132 cm³/mol. The van der Waals surface area contributed by atoms with Gasteiger partial charge >= 0.3 is 0 Å². The van der Waals surface area contributed by atoms with Crippen molar-refractivity contribution in [3.63, 3.8) is 0 Å². The van der Waals surface area contributed by atoms with Gasteiger partial charge in [0, 0.05) is 13.1 Å². The number of rotatable bonds is 12. The van der Waals surface area contributed by atoms with Gasteiger partial charge in [-0.05, 0) is 37.5 Å². The molecule has 0 saturated heterocycles. The molecular formula is C25H35N3O4S. The van der Waals surface area contributed by atoms with Crippen LogP contribution in [0.1, 0.15) is 44.2 Å². The summed E-state index contributed by atoms with van der Waals surface area (Å²) >= 11 is 0. The zero-order chi connectivity index (χ0) is 24.4. The van der Waals surface area contributed by atoms with Crippen molar-refractivity contribution >= 4 is 27.5 Å². The molecule has 1 atom stereocenters. The van der Waals surface area contributed by atoms with Crippen LogP contribution in [0.2, 0.25) is 0 Å². The average molecular weight is 474 g/mol. The van der Waals surface area contributed by atoms with Crippen LogP contribution >= 0.6 is 0 Å². The molecule has 7 nitrogen and oxygen atoms in total. The number of aryl methyl sites for hydroxylation is 1. The number of hydrogen-bond acceptors (Lipinski definition) is 4. The van der Waals surface area contributed by atoms with Gasteiger partial charge in [0.25, 0.3) is 0 Å². The molecule has 180 valence electrons. The molecule has 0 aliphatic carbocycles.